The van der Waals surface area contributed by atoms with E-state index >= 15 is 0 Å². The second-order valence-corrected chi connectivity index (χ2v) is 4.51. The molecule has 1 rings (SSSR count). The molecule has 2 atom stereocenters. The first-order valence-corrected chi connectivity index (χ1v) is 6.46. The van der Waals surface area contributed by atoms with Crippen LogP contribution in [0.25, 0.3) is 0 Å². The molecule has 0 aromatic rings. The number of carboxylic acids is 1. The molecule has 0 saturated carbocycles. The van der Waals surface area contributed by atoms with Gasteiger partial charge in [-0.2, -0.15) is 0 Å². The van der Waals surface area contributed by atoms with Crippen molar-refractivity contribution in [1.82, 2.24) is 10.2 Å². The fourth-order valence-corrected chi connectivity index (χ4v) is 1.85. The summed E-state index contributed by atoms with van der Waals surface area (Å²) in [5.74, 6) is -1.47. The molecule has 8 heteroatoms. The molecule has 20 heavy (non-hydrogen) atoms. The van der Waals surface area contributed by atoms with Crippen LogP contribution >= 0.6 is 0 Å². The summed E-state index contributed by atoms with van der Waals surface area (Å²) in [7, 11) is 1.47. The third-order valence-corrected chi connectivity index (χ3v) is 2.88. The number of carbonyl (C=O) groups excluding carboxylic acids is 2. The summed E-state index contributed by atoms with van der Waals surface area (Å²) < 4.78 is 9.98. The van der Waals surface area contributed by atoms with E-state index in [2.05, 4.69) is 5.32 Å². The van der Waals surface area contributed by atoms with E-state index in [4.69, 9.17) is 14.6 Å². The van der Waals surface area contributed by atoms with Gasteiger partial charge in [0.1, 0.15) is 6.54 Å². The standard InChI is InChI=1S/C12H20N2O6/c1-3-19-10(15)7-14(2)12(18)13-6-8-4-5-9(20-8)11(16)17/h8-9H,3-7H2,1-2H3,(H,13,18)(H,16,17). The number of carbonyl (C=O) groups is 3. The highest BCUT2D eigenvalue weighted by Crippen LogP contribution is 2.19. The van der Waals surface area contributed by atoms with E-state index in [1.165, 1.54) is 11.9 Å². The van der Waals surface area contributed by atoms with E-state index in [0.717, 1.165) is 0 Å². The van der Waals surface area contributed by atoms with Gasteiger partial charge in [0.2, 0.25) is 0 Å². The predicted molar refractivity (Wildman–Crippen MR) is 68.2 cm³/mol. The van der Waals surface area contributed by atoms with E-state index in [1.807, 2.05) is 0 Å². The lowest BCUT2D eigenvalue weighted by Crippen LogP contribution is -2.43. The smallest absolute Gasteiger partial charge is 0.332 e. The van der Waals surface area contributed by atoms with Crippen LogP contribution in [0.3, 0.4) is 0 Å². The van der Waals surface area contributed by atoms with Gasteiger partial charge in [-0.05, 0) is 19.8 Å². The zero-order valence-electron chi connectivity index (χ0n) is 11.6. The van der Waals surface area contributed by atoms with Gasteiger partial charge in [0.05, 0.1) is 12.7 Å². The summed E-state index contributed by atoms with van der Waals surface area (Å²) in [4.78, 5) is 34.8. The number of hydrogen-bond acceptors (Lipinski definition) is 5. The first-order valence-electron chi connectivity index (χ1n) is 6.46. The van der Waals surface area contributed by atoms with Crippen molar-refractivity contribution in [3.63, 3.8) is 0 Å². The van der Waals surface area contributed by atoms with E-state index in [9.17, 15) is 14.4 Å². The average Bonchev–Trinajstić information content (AvgIpc) is 2.85. The average molecular weight is 288 g/mol. The van der Waals surface area contributed by atoms with Gasteiger partial charge in [-0.25, -0.2) is 9.59 Å². The summed E-state index contributed by atoms with van der Waals surface area (Å²) in [5, 5.41) is 11.4. The Morgan fingerprint density at radius 3 is 2.65 bits per heavy atom. The van der Waals surface area contributed by atoms with Gasteiger partial charge in [0.15, 0.2) is 6.10 Å². The molecule has 0 aromatic heterocycles. The van der Waals surface area contributed by atoms with Crippen LogP contribution in [0, 0.1) is 0 Å². The molecule has 0 radical (unpaired) electrons. The number of carboxylic acid groups (broad SMARTS) is 1. The van der Waals surface area contributed by atoms with Crippen molar-refractivity contribution in [3.8, 4) is 0 Å². The van der Waals surface area contributed by atoms with Gasteiger partial charge < -0.3 is 24.8 Å². The number of aliphatic carboxylic acids is 1. The molecule has 1 fully saturated rings. The van der Waals surface area contributed by atoms with Crippen LogP contribution in [0.5, 0.6) is 0 Å². The molecule has 0 bridgehead atoms. The van der Waals surface area contributed by atoms with Crippen molar-refractivity contribution in [2.45, 2.75) is 32.0 Å². The van der Waals surface area contributed by atoms with Crippen LogP contribution in [0.15, 0.2) is 0 Å². The number of ether oxygens (including phenoxy) is 2. The Balaban J connectivity index is 2.26. The second-order valence-electron chi connectivity index (χ2n) is 4.51. The molecule has 2 unspecified atom stereocenters. The van der Waals surface area contributed by atoms with Crippen LogP contribution < -0.4 is 5.32 Å². The third kappa shape index (κ3) is 5.04. The molecular formula is C12H20N2O6. The van der Waals surface area contributed by atoms with Crippen molar-refractivity contribution < 1.29 is 29.0 Å². The van der Waals surface area contributed by atoms with Crippen molar-refractivity contribution in [3.05, 3.63) is 0 Å². The summed E-state index contributed by atoms with van der Waals surface area (Å²) in [6, 6.07) is -0.430. The third-order valence-electron chi connectivity index (χ3n) is 2.88. The number of rotatable bonds is 6. The van der Waals surface area contributed by atoms with Crippen LogP contribution in [0.2, 0.25) is 0 Å². The summed E-state index contributed by atoms with van der Waals surface area (Å²) in [6.45, 7) is 2.04. The molecule has 1 heterocycles. The monoisotopic (exact) mass is 288 g/mol. The maximum absolute atomic E-state index is 11.7. The Labute approximate surface area is 117 Å². The zero-order valence-corrected chi connectivity index (χ0v) is 11.6. The summed E-state index contributed by atoms with van der Waals surface area (Å²) in [6.07, 6.45) is -0.0851. The fourth-order valence-electron chi connectivity index (χ4n) is 1.85. The van der Waals surface area contributed by atoms with Gasteiger partial charge in [-0.3, -0.25) is 4.79 Å². The number of esters is 1. The lowest BCUT2D eigenvalue weighted by atomic mass is 10.2. The van der Waals surface area contributed by atoms with Crippen LogP contribution in [0.1, 0.15) is 19.8 Å². The zero-order chi connectivity index (χ0) is 15.1. The number of likely N-dealkylation sites (N-methyl/N-ethyl adjacent to an activating group) is 1. The minimum atomic E-state index is -0.988. The second kappa shape index (κ2) is 7.68. The molecule has 1 aliphatic heterocycles. The normalized spacial score (nSPS) is 21.3. The highest BCUT2D eigenvalue weighted by molar-refractivity contribution is 5.80. The van der Waals surface area contributed by atoms with Crippen molar-refractivity contribution >= 4 is 18.0 Å². The SMILES string of the molecule is CCOC(=O)CN(C)C(=O)NCC1CCC(C(=O)O)O1. The van der Waals surface area contributed by atoms with Gasteiger partial charge in [-0.1, -0.05) is 0 Å². The van der Waals surface area contributed by atoms with Crippen LogP contribution in [-0.4, -0.2) is 66.9 Å². The maximum Gasteiger partial charge on any atom is 0.332 e. The van der Waals surface area contributed by atoms with E-state index in [-0.39, 0.29) is 25.8 Å². The lowest BCUT2D eigenvalue weighted by Gasteiger charge is -2.18. The fraction of sp³-hybridized carbons (Fsp3) is 0.750. The molecule has 2 N–H and O–H groups in total. The van der Waals surface area contributed by atoms with E-state index < -0.39 is 24.1 Å². The largest absolute Gasteiger partial charge is 0.479 e. The Morgan fingerprint density at radius 2 is 2.10 bits per heavy atom. The highest BCUT2D eigenvalue weighted by Gasteiger charge is 2.30. The van der Waals surface area contributed by atoms with Crippen LogP contribution in [-0.2, 0) is 19.1 Å². The van der Waals surface area contributed by atoms with Gasteiger partial charge in [-0.15, -0.1) is 0 Å². The van der Waals surface area contributed by atoms with Gasteiger partial charge in [0, 0.05) is 13.6 Å². The maximum atomic E-state index is 11.7. The number of urea groups is 1. The minimum absolute atomic E-state index is 0.136. The summed E-state index contributed by atoms with van der Waals surface area (Å²) >= 11 is 0. The molecule has 114 valence electrons. The number of nitrogens with zero attached hydrogens (tertiary/aromatic N) is 1. The van der Waals surface area contributed by atoms with Gasteiger partial charge in [0.25, 0.3) is 0 Å². The number of nitrogens with one attached hydrogen (secondary N) is 1. The van der Waals surface area contributed by atoms with Crippen molar-refractivity contribution in [2.24, 2.45) is 0 Å². The summed E-state index contributed by atoms with van der Waals surface area (Å²) in [5.41, 5.74) is 0. The molecule has 0 spiro atoms. The van der Waals surface area contributed by atoms with Gasteiger partial charge >= 0.3 is 18.0 Å². The Hall–Kier alpha value is -1.83. The van der Waals surface area contributed by atoms with Crippen LogP contribution in [0.4, 0.5) is 4.79 Å². The van der Waals surface area contributed by atoms with Crippen molar-refractivity contribution in [1.29, 1.82) is 0 Å². The Kier molecular flexibility index (Phi) is 6.23. The molecule has 1 aliphatic rings. The lowest BCUT2D eigenvalue weighted by molar-refractivity contribution is -0.149. The Morgan fingerprint density at radius 1 is 1.40 bits per heavy atom. The quantitative estimate of drug-likeness (QED) is 0.657. The topological polar surface area (TPSA) is 105 Å². The number of amides is 2. The first-order chi connectivity index (χ1) is 9.43. The molecule has 0 aliphatic carbocycles. The minimum Gasteiger partial charge on any atom is -0.479 e. The Bertz CT molecular complexity index is 373. The molecule has 0 aromatic carbocycles. The van der Waals surface area contributed by atoms with E-state index in [0.29, 0.717) is 12.8 Å². The van der Waals surface area contributed by atoms with Crippen molar-refractivity contribution in [2.75, 3.05) is 26.7 Å². The molecule has 1 saturated heterocycles. The first kappa shape index (κ1) is 16.2. The molecular weight excluding hydrogens is 268 g/mol. The van der Waals surface area contributed by atoms with E-state index in [1.54, 1.807) is 6.92 Å². The molecule has 8 nitrogen and oxygen atoms in total. The number of hydrogen-bond donors (Lipinski definition) is 2. The predicted octanol–water partition coefficient (Wildman–Crippen LogP) is -0.177. The highest BCUT2D eigenvalue weighted by atomic mass is 16.5. The molecule has 2 amide bonds.